The van der Waals surface area contributed by atoms with E-state index in [9.17, 15) is 9.18 Å². The highest BCUT2D eigenvalue weighted by Gasteiger charge is 2.15. The van der Waals surface area contributed by atoms with Gasteiger partial charge in [-0.25, -0.2) is 9.07 Å². The molecule has 7 heteroatoms. The summed E-state index contributed by atoms with van der Waals surface area (Å²) in [4.78, 5) is 12.4. The molecule has 2 aromatic rings. The number of carbonyl (C=O) groups excluding carboxylic acids is 1. The summed E-state index contributed by atoms with van der Waals surface area (Å²) in [6, 6.07) is 6.64. The van der Waals surface area contributed by atoms with Crippen LogP contribution in [-0.4, -0.2) is 34.8 Å². The second kappa shape index (κ2) is 10.4. The highest BCUT2D eigenvalue weighted by molar-refractivity contribution is 5.95. The van der Waals surface area contributed by atoms with Crippen LogP contribution in [0, 0.1) is 12.7 Å². The molecule has 3 rings (SSSR count). The van der Waals surface area contributed by atoms with Crippen LogP contribution in [-0.2, 0) is 0 Å². The zero-order valence-electron chi connectivity index (χ0n) is 15.7. The standard InChI is InChI=1S/C20H27FN4O.ClH/c1-15-19(14-24-25(15)18-10-8-16(21)9-11-18)20(26)23-13-12-22-17-6-4-2-3-5-7-17;/h8-11,14,17,22H,2-7,12-13H2,1H3,(H,23,26);1H. The molecule has 1 aliphatic rings. The Morgan fingerprint density at radius 3 is 2.48 bits per heavy atom. The Morgan fingerprint density at radius 1 is 1.15 bits per heavy atom. The second-order valence-electron chi connectivity index (χ2n) is 6.93. The van der Waals surface area contributed by atoms with Gasteiger partial charge < -0.3 is 10.6 Å². The normalized spacial score (nSPS) is 15.0. The first kappa shape index (κ1) is 21.4. The lowest BCUT2D eigenvalue weighted by Gasteiger charge is -2.16. The van der Waals surface area contributed by atoms with E-state index in [-0.39, 0.29) is 24.1 Å². The Hall–Kier alpha value is -1.92. The monoisotopic (exact) mass is 394 g/mol. The number of halogens is 2. The predicted molar refractivity (Wildman–Crippen MR) is 107 cm³/mol. The number of hydrogen-bond donors (Lipinski definition) is 2. The first-order chi connectivity index (χ1) is 12.6. The number of hydrogen-bond acceptors (Lipinski definition) is 3. The van der Waals surface area contributed by atoms with E-state index in [4.69, 9.17) is 0 Å². The van der Waals surface area contributed by atoms with E-state index >= 15 is 0 Å². The van der Waals surface area contributed by atoms with Crippen LogP contribution in [0.5, 0.6) is 0 Å². The molecule has 1 aromatic carbocycles. The SMILES string of the molecule is Cc1c(C(=O)NCCNC2CCCCCC2)cnn1-c1ccc(F)cc1.Cl. The van der Waals surface area contributed by atoms with Crippen LogP contribution in [0.25, 0.3) is 5.69 Å². The van der Waals surface area contributed by atoms with E-state index in [0.717, 1.165) is 17.9 Å². The highest BCUT2D eigenvalue weighted by Crippen LogP contribution is 2.17. The fourth-order valence-electron chi connectivity index (χ4n) is 3.51. The molecule has 1 saturated carbocycles. The highest BCUT2D eigenvalue weighted by atomic mass is 35.5. The number of carbonyl (C=O) groups is 1. The molecule has 1 fully saturated rings. The molecule has 2 N–H and O–H groups in total. The van der Waals surface area contributed by atoms with Gasteiger partial charge in [-0.2, -0.15) is 5.10 Å². The fraction of sp³-hybridized carbons (Fsp3) is 0.500. The molecule has 0 saturated heterocycles. The molecular formula is C20H28ClFN4O. The summed E-state index contributed by atoms with van der Waals surface area (Å²) in [5, 5.41) is 10.8. The van der Waals surface area contributed by atoms with Crippen molar-refractivity contribution in [2.75, 3.05) is 13.1 Å². The summed E-state index contributed by atoms with van der Waals surface area (Å²) < 4.78 is 14.7. The topological polar surface area (TPSA) is 59.0 Å². The van der Waals surface area contributed by atoms with Gasteiger partial charge in [-0.15, -0.1) is 12.4 Å². The number of amides is 1. The van der Waals surface area contributed by atoms with Gasteiger partial charge in [0.2, 0.25) is 0 Å². The van der Waals surface area contributed by atoms with Crippen molar-refractivity contribution in [2.45, 2.75) is 51.5 Å². The molecule has 148 valence electrons. The van der Waals surface area contributed by atoms with Gasteiger partial charge in [0, 0.05) is 19.1 Å². The maximum Gasteiger partial charge on any atom is 0.254 e. The van der Waals surface area contributed by atoms with Crippen LogP contribution in [0.4, 0.5) is 4.39 Å². The molecule has 0 unspecified atom stereocenters. The molecular weight excluding hydrogens is 367 g/mol. The van der Waals surface area contributed by atoms with Crippen LogP contribution in [0.2, 0.25) is 0 Å². The largest absolute Gasteiger partial charge is 0.351 e. The summed E-state index contributed by atoms with van der Waals surface area (Å²) in [5.74, 6) is -0.420. The molecule has 1 amide bonds. The smallest absolute Gasteiger partial charge is 0.254 e. The van der Waals surface area contributed by atoms with E-state index < -0.39 is 0 Å². The fourth-order valence-corrected chi connectivity index (χ4v) is 3.51. The van der Waals surface area contributed by atoms with Crippen LogP contribution < -0.4 is 10.6 Å². The molecule has 1 heterocycles. The van der Waals surface area contributed by atoms with Crippen molar-refractivity contribution in [1.82, 2.24) is 20.4 Å². The zero-order valence-corrected chi connectivity index (χ0v) is 16.5. The van der Waals surface area contributed by atoms with Crippen molar-refractivity contribution in [3.8, 4) is 5.69 Å². The summed E-state index contributed by atoms with van der Waals surface area (Å²) in [5.41, 5.74) is 2.02. The van der Waals surface area contributed by atoms with Crippen molar-refractivity contribution in [1.29, 1.82) is 0 Å². The molecule has 27 heavy (non-hydrogen) atoms. The molecule has 1 aromatic heterocycles. The first-order valence-corrected chi connectivity index (χ1v) is 9.47. The molecule has 1 aliphatic carbocycles. The number of nitrogens with zero attached hydrogens (tertiary/aromatic N) is 2. The van der Waals surface area contributed by atoms with Gasteiger partial charge in [0.1, 0.15) is 5.82 Å². The molecule has 0 atom stereocenters. The Kier molecular flexibility index (Phi) is 8.25. The zero-order chi connectivity index (χ0) is 18.4. The number of benzene rings is 1. The average Bonchev–Trinajstić information content (AvgIpc) is 2.85. The van der Waals surface area contributed by atoms with E-state index in [0.29, 0.717) is 18.2 Å². The van der Waals surface area contributed by atoms with E-state index in [2.05, 4.69) is 15.7 Å². The third-order valence-electron chi connectivity index (χ3n) is 5.02. The third kappa shape index (κ3) is 5.78. The van der Waals surface area contributed by atoms with Crippen molar-refractivity contribution in [2.24, 2.45) is 0 Å². The summed E-state index contributed by atoms with van der Waals surface area (Å²) in [6.45, 7) is 3.22. The minimum absolute atomic E-state index is 0. The van der Waals surface area contributed by atoms with Crippen LogP contribution in [0.15, 0.2) is 30.5 Å². The third-order valence-corrected chi connectivity index (χ3v) is 5.02. The summed E-state index contributed by atoms with van der Waals surface area (Å²) in [6.07, 6.45) is 9.30. The van der Waals surface area contributed by atoms with Crippen LogP contribution >= 0.6 is 12.4 Å². The van der Waals surface area contributed by atoms with Crippen LogP contribution in [0.1, 0.15) is 54.6 Å². The van der Waals surface area contributed by atoms with Gasteiger partial charge >= 0.3 is 0 Å². The molecule has 5 nitrogen and oxygen atoms in total. The van der Waals surface area contributed by atoms with Crippen molar-refractivity contribution < 1.29 is 9.18 Å². The maximum atomic E-state index is 13.1. The minimum atomic E-state index is -0.294. The first-order valence-electron chi connectivity index (χ1n) is 9.47. The lowest BCUT2D eigenvalue weighted by Crippen LogP contribution is -2.37. The molecule has 0 spiro atoms. The second-order valence-corrected chi connectivity index (χ2v) is 6.93. The Bertz CT molecular complexity index is 724. The molecule has 0 aliphatic heterocycles. The minimum Gasteiger partial charge on any atom is -0.351 e. The van der Waals surface area contributed by atoms with Crippen molar-refractivity contribution in [3.05, 3.63) is 47.5 Å². The maximum absolute atomic E-state index is 13.1. The lowest BCUT2D eigenvalue weighted by atomic mass is 10.1. The van der Waals surface area contributed by atoms with E-state index in [1.165, 1.54) is 50.7 Å². The van der Waals surface area contributed by atoms with Gasteiger partial charge in [-0.1, -0.05) is 25.7 Å². The summed E-state index contributed by atoms with van der Waals surface area (Å²) >= 11 is 0. The van der Waals surface area contributed by atoms with Gasteiger partial charge in [-0.3, -0.25) is 4.79 Å². The lowest BCUT2D eigenvalue weighted by molar-refractivity contribution is 0.0953. The van der Waals surface area contributed by atoms with Crippen molar-refractivity contribution >= 4 is 18.3 Å². The number of nitrogens with one attached hydrogen (secondary N) is 2. The molecule has 0 bridgehead atoms. The Balaban J connectivity index is 0.00000261. The molecule has 0 radical (unpaired) electrons. The quantitative estimate of drug-likeness (QED) is 0.579. The van der Waals surface area contributed by atoms with Gasteiger partial charge in [0.05, 0.1) is 23.1 Å². The van der Waals surface area contributed by atoms with Crippen molar-refractivity contribution in [3.63, 3.8) is 0 Å². The van der Waals surface area contributed by atoms with Gasteiger partial charge in [-0.05, 0) is 44.0 Å². The predicted octanol–water partition coefficient (Wildman–Crippen LogP) is 3.78. The average molecular weight is 395 g/mol. The Morgan fingerprint density at radius 2 is 1.81 bits per heavy atom. The summed E-state index contributed by atoms with van der Waals surface area (Å²) in [7, 11) is 0. The van der Waals surface area contributed by atoms with Gasteiger partial charge in [0.25, 0.3) is 5.91 Å². The van der Waals surface area contributed by atoms with E-state index in [1.54, 1.807) is 23.0 Å². The van der Waals surface area contributed by atoms with Crippen LogP contribution in [0.3, 0.4) is 0 Å². The number of rotatable bonds is 6. The Labute approximate surface area is 166 Å². The van der Waals surface area contributed by atoms with Gasteiger partial charge in [0.15, 0.2) is 0 Å². The van der Waals surface area contributed by atoms with E-state index in [1.807, 2.05) is 6.92 Å². The number of aromatic nitrogens is 2.